The molecule has 2 unspecified atom stereocenters. The van der Waals surface area contributed by atoms with Crippen LogP contribution >= 0.6 is 0 Å². The minimum atomic E-state index is 0.0402. The number of carbonyl (C=O) groups excluding carboxylic acids is 2. The van der Waals surface area contributed by atoms with Crippen molar-refractivity contribution in [2.75, 3.05) is 13.2 Å². The zero-order valence-electron chi connectivity index (χ0n) is 18.4. The molecule has 0 N–H and O–H groups in total. The van der Waals surface area contributed by atoms with Crippen LogP contribution in [0.1, 0.15) is 76.6 Å². The summed E-state index contributed by atoms with van der Waals surface area (Å²) in [5.74, 6) is 1.36. The molecular weight excluding hydrogens is 364 g/mol. The predicted molar refractivity (Wildman–Crippen MR) is 115 cm³/mol. The number of carbonyl (C=O) groups is 2. The first-order chi connectivity index (χ1) is 13.9. The number of amides is 2. The van der Waals surface area contributed by atoms with E-state index in [1.807, 2.05) is 21.9 Å². The molecule has 1 saturated heterocycles. The fourth-order valence-corrected chi connectivity index (χ4v) is 4.23. The molecule has 2 aliphatic rings. The van der Waals surface area contributed by atoms with E-state index in [2.05, 4.69) is 27.7 Å². The molecule has 2 atom stereocenters. The summed E-state index contributed by atoms with van der Waals surface area (Å²) >= 11 is 0. The van der Waals surface area contributed by atoms with E-state index < -0.39 is 0 Å². The molecule has 2 fully saturated rings. The molecule has 0 aromatic heterocycles. The Morgan fingerprint density at radius 3 is 2.24 bits per heavy atom. The molecule has 0 spiro atoms. The van der Waals surface area contributed by atoms with E-state index in [1.165, 1.54) is 6.42 Å². The number of piperidine rings is 1. The van der Waals surface area contributed by atoms with Crippen molar-refractivity contribution < 1.29 is 14.3 Å². The Balaban J connectivity index is 1.55. The van der Waals surface area contributed by atoms with Gasteiger partial charge in [0, 0.05) is 30.2 Å². The first-order valence-corrected chi connectivity index (χ1v) is 11.2. The van der Waals surface area contributed by atoms with Crippen LogP contribution in [0.25, 0.3) is 0 Å². The van der Waals surface area contributed by atoms with Gasteiger partial charge in [-0.1, -0.05) is 13.8 Å². The summed E-state index contributed by atoms with van der Waals surface area (Å²) in [6.45, 7) is 9.46. The second kappa shape index (κ2) is 9.64. The Hall–Kier alpha value is -2.04. The molecule has 3 rings (SSSR count). The quantitative estimate of drug-likeness (QED) is 0.645. The summed E-state index contributed by atoms with van der Waals surface area (Å²) in [6, 6.07) is 8.19. The topological polar surface area (TPSA) is 49.9 Å². The third kappa shape index (κ3) is 5.74. The normalized spacial score (nSPS) is 21.9. The van der Waals surface area contributed by atoms with Crippen LogP contribution in [0.3, 0.4) is 0 Å². The number of ether oxygens (including phenoxy) is 1. The van der Waals surface area contributed by atoms with Gasteiger partial charge < -0.3 is 14.5 Å². The SMILES string of the molecule is CC(C)CCN(C(=O)c1ccc(OCC(=O)N2C(C)CCCC2C)cc1)C1CC1. The second-order valence-electron chi connectivity index (χ2n) is 9.16. The lowest BCUT2D eigenvalue weighted by molar-refractivity contribution is -0.139. The third-order valence-corrected chi connectivity index (χ3v) is 6.14. The van der Waals surface area contributed by atoms with E-state index in [1.54, 1.807) is 12.1 Å². The molecule has 29 heavy (non-hydrogen) atoms. The number of benzene rings is 1. The van der Waals surface area contributed by atoms with Crippen LogP contribution < -0.4 is 4.74 Å². The molecule has 2 amide bonds. The molecule has 0 bridgehead atoms. The van der Waals surface area contributed by atoms with Crippen molar-refractivity contribution in [2.24, 2.45) is 5.92 Å². The molecular formula is C24H36N2O3. The molecule has 5 nitrogen and oxygen atoms in total. The lowest BCUT2D eigenvalue weighted by Crippen LogP contribution is -2.49. The van der Waals surface area contributed by atoms with Crippen molar-refractivity contribution in [1.82, 2.24) is 9.80 Å². The molecule has 1 saturated carbocycles. The summed E-state index contributed by atoms with van der Waals surface area (Å²) in [5.41, 5.74) is 0.692. The van der Waals surface area contributed by atoms with Gasteiger partial charge in [0.1, 0.15) is 5.75 Å². The molecule has 1 aromatic rings. The minimum absolute atomic E-state index is 0.0402. The lowest BCUT2D eigenvalue weighted by atomic mass is 9.97. The average Bonchev–Trinajstić information content (AvgIpc) is 3.51. The van der Waals surface area contributed by atoms with E-state index in [0.717, 1.165) is 38.6 Å². The first kappa shape index (κ1) is 21.7. The van der Waals surface area contributed by atoms with Crippen molar-refractivity contribution >= 4 is 11.8 Å². The Morgan fingerprint density at radius 2 is 1.69 bits per heavy atom. The summed E-state index contributed by atoms with van der Waals surface area (Å²) in [7, 11) is 0. The van der Waals surface area contributed by atoms with Crippen LogP contribution in [-0.4, -0.2) is 52.9 Å². The van der Waals surface area contributed by atoms with Crippen LogP contribution in [0.5, 0.6) is 5.75 Å². The molecule has 0 radical (unpaired) electrons. The number of hydrogen-bond donors (Lipinski definition) is 0. The van der Waals surface area contributed by atoms with Gasteiger partial charge in [0.15, 0.2) is 6.61 Å². The maximum Gasteiger partial charge on any atom is 0.260 e. The Bertz CT molecular complexity index is 687. The smallest absolute Gasteiger partial charge is 0.260 e. The van der Waals surface area contributed by atoms with Gasteiger partial charge in [-0.2, -0.15) is 0 Å². The maximum atomic E-state index is 12.9. The highest BCUT2D eigenvalue weighted by Gasteiger charge is 2.33. The Kier molecular flexibility index (Phi) is 7.20. The fraction of sp³-hybridized carbons (Fsp3) is 0.667. The van der Waals surface area contributed by atoms with Crippen LogP contribution in [0.4, 0.5) is 0 Å². The molecule has 1 aliphatic heterocycles. The van der Waals surface area contributed by atoms with Crippen molar-refractivity contribution in [3.63, 3.8) is 0 Å². The summed E-state index contributed by atoms with van der Waals surface area (Å²) in [4.78, 5) is 29.5. The van der Waals surface area contributed by atoms with Crippen molar-refractivity contribution in [3.05, 3.63) is 29.8 Å². The largest absolute Gasteiger partial charge is 0.484 e. The van der Waals surface area contributed by atoms with E-state index >= 15 is 0 Å². The zero-order valence-corrected chi connectivity index (χ0v) is 18.4. The van der Waals surface area contributed by atoms with Crippen molar-refractivity contribution in [3.8, 4) is 5.75 Å². The lowest BCUT2D eigenvalue weighted by Gasteiger charge is -2.38. The predicted octanol–water partition coefficient (Wildman–Crippen LogP) is 4.51. The summed E-state index contributed by atoms with van der Waals surface area (Å²) in [5, 5.41) is 0. The van der Waals surface area contributed by atoms with Crippen LogP contribution in [0, 0.1) is 5.92 Å². The van der Waals surface area contributed by atoms with Gasteiger partial charge in [0.05, 0.1) is 0 Å². The van der Waals surface area contributed by atoms with Gasteiger partial charge in [-0.15, -0.1) is 0 Å². The van der Waals surface area contributed by atoms with Gasteiger partial charge >= 0.3 is 0 Å². The van der Waals surface area contributed by atoms with E-state index in [4.69, 9.17) is 4.74 Å². The van der Waals surface area contributed by atoms with Gasteiger partial charge in [0.25, 0.3) is 11.8 Å². The van der Waals surface area contributed by atoms with Gasteiger partial charge in [-0.25, -0.2) is 0 Å². The number of rotatable bonds is 8. The van der Waals surface area contributed by atoms with Crippen LogP contribution in [0.2, 0.25) is 0 Å². The number of nitrogens with zero attached hydrogens (tertiary/aromatic N) is 2. The van der Waals surface area contributed by atoms with E-state index in [-0.39, 0.29) is 30.5 Å². The van der Waals surface area contributed by atoms with Gasteiger partial charge in [-0.3, -0.25) is 9.59 Å². The molecule has 5 heteroatoms. The summed E-state index contributed by atoms with van der Waals surface area (Å²) < 4.78 is 5.74. The van der Waals surface area contributed by atoms with Crippen LogP contribution in [-0.2, 0) is 4.79 Å². The fourth-order valence-electron chi connectivity index (χ4n) is 4.23. The Labute approximate surface area is 175 Å². The molecule has 160 valence electrons. The standard InChI is InChI=1S/C24H36N2O3/c1-17(2)14-15-25(21-10-11-21)24(28)20-8-12-22(13-9-20)29-16-23(27)26-18(3)6-5-7-19(26)4/h8-9,12-13,17-19,21H,5-7,10-11,14-16H2,1-4H3. The second-order valence-corrected chi connectivity index (χ2v) is 9.16. The van der Waals surface area contributed by atoms with E-state index in [9.17, 15) is 9.59 Å². The first-order valence-electron chi connectivity index (χ1n) is 11.2. The average molecular weight is 401 g/mol. The van der Waals surface area contributed by atoms with E-state index in [0.29, 0.717) is 23.3 Å². The molecule has 1 aliphatic carbocycles. The Morgan fingerprint density at radius 1 is 1.07 bits per heavy atom. The number of hydrogen-bond acceptors (Lipinski definition) is 3. The molecule has 1 aromatic carbocycles. The highest BCUT2D eigenvalue weighted by Crippen LogP contribution is 2.29. The minimum Gasteiger partial charge on any atom is -0.484 e. The highest BCUT2D eigenvalue weighted by atomic mass is 16.5. The van der Waals surface area contributed by atoms with Crippen molar-refractivity contribution in [2.45, 2.75) is 84.3 Å². The molecule has 1 heterocycles. The third-order valence-electron chi connectivity index (χ3n) is 6.14. The highest BCUT2D eigenvalue weighted by molar-refractivity contribution is 5.94. The summed E-state index contributed by atoms with van der Waals surface area (Å²) in [6.07, 6.45) is 6.54. The zero-order chi connectivity index (χ0) is 21.0. The van der Waals surface area contributed by atoms with Gasteiger partial charge in [-0.05, 0) is 82.6 Å². The monoisotopic (exact) mass is 400 g/mol. The van der Waals surface area contributed by atoms with Gasteiger partial charge in [0.2, 0.25) is 0 Å². The number of likely N-dealkylation sites (tertiary alicyclic amines) is 1. The maximum absolute atomic E-state index is 12.9. The van der Waals surface area contributed by atoms with Crippen LogP contribution in [0.15, 0.2) is 24.3 Å². The van der Waals surface area contributed by atoms with Crippen molar-refractivity contribution in [1.29, 1.82) is 0 Å².